The Bertz CT molecular complexity index is 783. The van der Waals surface area contributed by atoms with Crippen LogP contribution in [0.5, 0.6) is 0 Å². The summed E-state index contributed by atoms with van der Waals surface area (Å²) < 4.78 is 11.0. The average molecular weight is 402 g/mol. The third-order valence-corrected chi connectivity index (χ3v) is 6.07. The number of hydrogen-bond donors (Lipinski definition) is 1. The van der Waals surface area contributed by atoms with Crippen molar-refractivity contribution in [1.29, 1.82) is 0 Å². The van der Waals surface area contributed by atoms with E-state index in [1.54, 1.807) is 11.3 Å². The number of nitrogens with zero attached hydrogens (tertiary/aromatic N) is 2. The van der Waals surface area contributed by atoms with Gasteiger partial charge in [-0.05, 0) is 24.5 Å². The number of carbonyl (C=O) groups is 1. The summed E-state index contributed by atoms with van der Waals surface area (Å²) in [6.07, 6.45) is 2.60. The van der Waals surface area contributed by atoms with E-state index in [4.69, 9.17) is 9.47 Å². The van der Waals surface area contributed by atoms with Crippen LogP contribution in [-0.4, -0.2) is 61.3 Å². The van der Waals surface area contributed by atoms with Gasteiger partial charge in [-0.15, -0.1) is 11.3 Å². The van der Waals surface area contributed by atoms with Crippen LogP contribution in [0.2, 0.25) is 0 Å². The van der Waals surface area contributed by atoms with Gasteiger partial charge in [0.05, 0.1) is 31.4 Å². The molecule has 0 spiro atoms. The van der Waals surface area contributed by atoms with E-state index in [0.29, 0.717) is 13.0 Å². The molecule has 2 fully saturated rings. The van der Waals surface area contributed by atoms with Crippen molar-refractivity contribution in [3.63, 3.8) is 0 Å². The van der Waals surface area contributed by atoms with E-state index >= 15 is 0 Å². The van der Waals surface area contributed by atoms with Crippen LogP contribution in [0, 0.1) is 0 Å². The zero-order valence-electron chi connectivity index (χ0n) is 16.1. The first-order valence-corrected chi connectivity index (χ1v) is 10.9. The van der Waals surface area contributed by atoms with Gasteiger partial charge in [0.15, 0.2) is 0 Å². The molecule has 4 rings (SSSR count). The summed E-state index contributed by atoms with van der Waals surface area (Å²) in [6.45, 7) is 5.91. The number of hydrogen-bond acceptors (Lipinski definition) is 6. The van der Waals surface area contributed by atoms with E-state index in [9.17, 15) is 4.79 Å². The fourth-order valence-electron chi connectivity index (χ4n) is 3.60. The molecule has 0 radical (unpaired) electrons. The van der Waals surface area contributed by atoms with Gasteiger partial charge in [-0.1, -0.05) is 18.2 Å². The first-order chi connectivity index (χ1) is 13.8. The molecular formula is C21H27N3O3S. The standard InChI is InChI=1S/C21H27N3O3S/c25-20(22-13-19-5-2-8-27-19)12-18-15-28-21(23-18)17-4-1-3-16(11-17)14-24-6-9-26-10-7-24/h1,3-4,11,15,19H,2,5-10,12-14H2,(H,22,25). The van der Waals surface area contributed by atoms with Gasteiger partial charge in [0.2, 0.25) is 5.91 Å². The average Bonchev–Trinajstić information content (AvgIpc) is 3.40. The van der Waals surface area contributed by atoms with Gasteiger partial charge in [-0.2, -0.15) is 0 Å². The lowest BCUT2D eigenvalue weighted by Crippen LogP contribution is -2.35. The number of thiazole rings is 1. The van der Waals surface area contributed by atoms with Crippen LogP contribution in [0.15, 0.2) is 29.6 Å². The largest absolute Gasteiger partial charge is 0.379 e. The SMILES string of the molecule is O=C(Cc1csc(-c2cccc(CN3CCOCC3)c2)n1)NCC1CCCO1. The molecule has 2 aliphatic rings. The molecule has 1 atom stereocenters. The zero-order chi connectivity index (χ0) is 19.2. The summed E-state index contributed by atoms with van der Waals surface area (Å²) in [6, 6.07) is 8.53. The summed E-state index contributed by atoms with van der Waals surface area (Å²) in [5, 5.41) is 5.91. The Kier molecular flexibility index (Phi) is 6.69. The molecule has 1 N–H and O–H groups in total. The molecule has 7 heteroatoms. The van der Waals surface area contributed by atoms with Crippen molar-refractivity contribution in [2.75, 3.05) is 39.5 Å². The second kappa shape index (κ2) is 9.60. The third-order valence-electron chi connectivity index (χ3n) is 5.13. The second-order valence-electron chi connectivity index (χ2n) is 7.35. The van der Waals surface area contributed by atoms with Gasteiger partial charge in [-0.3, -0.25) is 9.69 Å². The quantitative estimate of drug-likeness (QED) is 0.772. The van der Waals surface area contributed by atoms with Crippen molar-refractivity contribution in [1.82, 2.24) is 15.2 Å². The van der Waals surface area contributed by atoms with Crippen LogP contribution in [0.25, 0.3) is 10.6 Å². The minimum absolute atomic E-state index is 0.00779. The number of carbonyl (C=O) groups excluding carboxylic acids is 1. The van der Waals surface area contributed by atoms with Crippen molar-refractivity contribution in [3.05, 3.63) is 40.9 Å². The summed E-state index contributed by atoms with van der Waals surface area (Å²) in [5.74, 6) is 0.00779. The second-order valence-corrected chi connectivity index (χ2v) is 8.21. The number of morpholine rings is 1. The Morgan fingerprint density at radius 1 is 1.29 bits per heavy atom. The fraction of sp³-hybridized carbons (Fsp3) is 0.524. The molecule has 0 saturated carbocycles. The molecule has 1 unspecified atom stereocenters. The number of nitrogens with one attached hydrogen (secondary N) is 1. The molecule has 0 aliphatic carbocycles. The maximum Gasteiger partial charge on any atom is 0.226 e. The van der Waals surface area contributed by atoms with Gasteiger partial charge in [0.1, 0.15) is 5.01 Å². The normalized spacial score (nSPS) is 20.4. The highest BCUT2D eigenvalue weighted by Gasteiger charge is 2.17. The van der Waals surface area contributed by atoms with Gasteiger partial charge in [-0.25, -0.2) is 4.98 Å². The third kappa shape index (κ3) is 5.38. The number of aromatic nitrogens is 1. The fourth-order valence-corrected chi connectivity index (χ4v) is 4.42. The van der Waals surface area contributed by atoms with Gasteiger partial charge >= 0.3 is 0 Å². The van der Waals surface area contributed by atoms with E-state index in [0.717, 1.165) is 68.6 Å². The molecule has 150 valence electrons. The number of rotatable bonds is 7. The summed E-state index contributed by atoms with van der Waals surface area (Å²) in [4.78, 5) is 19.3. The molecule has 1 amide bonds. The molecule has 3 heterocycles. The van der Waals surface area contributed by atoms with Crippen LogP contribution in [0.1, 0.15) is 24.1 Å². The highest BCUT2D eigenvalue weighted by molar-refractivity contribution is 7.13. The number of amides is 1. The Morgan fingerprint density at radius 2 is 2.18 bits per heavy atom. The first kappa shape index (κ1) is 19.5. The molecule has 6 nitrogen and oxygen atoms in total. The van der Waals surface area contributed by atoms with Crippen LogP contribution < -0.4 is 5.32 Å². The monoisotopic (exact) mass is 401 g/mol. The predicted octanol–water partition coefficient (Wildman–Crippen LogP) is 2.48. The summed E-state index contributed by atoms with van der Waals surface area (Å²) in [5.41, 5.74) is 3.22. The molecule has 0 bridgehead atoms. The lowest BCUT2D eigenvalue weighted by Gasteiger charge is -2.26. The van der Waals surface area contributed by atoms with E-state index in [1.807, 2.05) is 5.38 Å². The maximum atomic E-state index is 12.2. The Morgan fingerprint density at radius 3 is 3.00 bits per heavy atom. The van der Waals surface area contributed by atoms with E-state index in [1.165, 1.54) is 5.56 Å². The van der Waals surface area contributed by atoms with E-state index in [2.05, 4.69) is 39.5 Å². The number of benzene rings is 1. The zero-order valence-corrected chi connectivity index (χ0v) is 16.9. The first-order valence-electron chi connectivity index (χ1n) is 9.98. The van der Waals surface area contributed by atoms with Crippen LogP contribution in [0.4, 0.5) is 0 Å². The van der Waals surface area contributed by atoms with E-state index < -0.39 is 0 Å². The lowest BCUT2D eigenvalue weighted by atomic mass is 10.1. The molecule has 2 saturated heterocycles. The minimum Gasteiger partial charge on any atom is -0.379 e. The molecule has 2 aromatic rings. The Labute approximate surface area is 169 Å². The molecule has 1 aromatic heterocycles. The van der Waals surface area contributed by atoms with E-state index in [-0.39, 0.29) is 12.0 Å². The van der Waals surface area contributed by atoms with Gasteiger partial charge in [0, 0.05) is 43.7 Å². The maximum absolute atomic E-state index is 12.2. The Hall–Kier alpha value is -1.80. The highest BCUT2D eigenvalue weighted by atomic mass is 32.1. The van der Waals surface area contributed by atoms with Crippen molar-refractivity contribution in [3.8, 4) is 10.6 Å². The van der Waals surface area contributed by atoms with Crippen LogP contribution >= 0.6 is 11.3 Å². The van der Waals surface area contributed by atoms with Gasteiger partial charge in [0.25, 0.3) is 0 Å². The topological polar surface area (TPSA) is 63.7 Å². The highest BCUT2D eigenvalue weighted by Crippen LogP contribution is 2.25. The Balaban J connectivity index is 1.33. The number of ether oxygens (including phenoxy) is 2. The van der Waals surface area contributed by atoms with Crippen molar-refractivity contribution < 1.29 is 14.3 Å². The molecular weight excluding hydrogens is 374 g/mol. The molecule has 2 aliphatic heterocycles. The van der Waals surface area contributed by atoms with Crippen LogP contribution in [0.3, 0.4) is 0 Å². The minimum atomic E-state index is 0.00779. The molecule has 1 aromatic carbocycles. The van der Waals surface area contributed by atoms with Crippen LogP contribution in [-0.2, 0) is 27.2 Å². The lowest BCUT2D eigenvalue weighted by molar-refractivity contribution is -0.121. The molecule has 28 heavy (non-hydrogen) atoms. The summed E-state index contributed by atoms with van der Waals surface area (Å²) in [7, 11) is 0. The van der Waals surface area contributed by atoms with Crippen molar-refractivity contribution >= 4 is 17.2 Å². The smallest absolute Gasteiger partial charge is 0.226 e. The van der Waals surface area contributed by atoms with Gasteiger partial charge < -0.3 is 14.8 Å². The van der Waals surface area contributed by atoms with Crippen molar-refractivity contribution in [2.45, 2.75) is 31.9 Å². The predicted molar refractivity (Wildman–Crippen MR) is 109 cm³/mol. The van der Waals surface area contributed by atoms with Crippen molar-refractivity contribution in [2.24, 2.45) is 0 Å². The summed E-state index contributed by atoms with van der Waals surface area (Å²) >= 11 is 1.59.